The molecule has 86 heavy (non-hydrogen) atoms. The highest BCUT2D eigenvalue weighted by Crippen LogP contribution is 2.59. The van der Waals surface area contributed by atoms with Gasteiger partial charge in [-0.15, -0.1) is 0 Å². The summed E-state index contributed by atoms with van der Waals surface area (Å²) in [6.45, 7) is 1.47. The van der Waals surface area contributed by atoms with Crippen LogP contribution in [0.1, 0.15) is 85.9 Å². The average molecular weight is 1150 g/mol. The van der Waals surface area contributed by atoms with Gasteiger partial charge in [-0.2, -0.15) is 0 Å². The van der Waals surface area contributed by atoms with Crippen molar-refractivity contribution >= 4 is 46.5 Å². The van der Waals surface area contributed by atoms with E-state index in [1.165, 1.54) is 0 Å². The maximum absolute atomic E-state index is 13.8. The molecule has 8 aromatic rings. The van der Waals surface area contributed by atoms with Gasteiger partial charge >= 0.3 is 11.9 Å². The van der Waals surface area contributed by atoms with Gasteiger partial charge in [0, 0.05) is 161 Å². The number of benzene rings is 8. The Morgan fingerprint density at radius 2 is 0.733 bits per heavy atom. The minimum Gasteiger partial charge on any atom is -0.490 e. The van der Waals surface area contributed by atoms with E-state index in [4.69, 9.17) is 28.4 Å². The van der Waals surface area contributed by atoms with E-state index in [-0.39, 0.29) is 11.8 Å². The van der Waals surface area contributed by atoms with Crippen molar-refractivity contribution in [2.45, 2.75) is 24.0 Å². The van der Waals surface area contributed by atoms with Crippen LogP contribution < -0.4 is 49.2 Å². The molecule has 0 radical (unpaired) electrons. The van der Waals surface area contributed by atoms with E-state index in [1.54, 1.807) is 24.3 Å². The highest BCUT2D eigenvalue weighted by Gasteiger charge is 2.55. The molecule has 436 valence electrons. The summed E-state index contributed by atoms with van der Waals surface area (Å²) < 4.78 is 37.7. The van der Waals surface area contributed by atoms with E-state index in [9.17, 15) is 19.2 Å². The van der Waals surface area contributed by atoms with Crippen LogP contribution in [-0.2, 0) is 33.5 Å². The monoisotopic (exact) mass is 1150 g/mol. The SMILES string of the molecule is CN(C)c1ccc2c(c1)Oc1cc(N(C)C)ccc1C21OC(=O)c2cc(C(=O)NCCc3ccc(OC/C=C\COc4ccc(CCNC(=O)c5ccc6c(c5)C(=O)OC65c6ccc(N(C)C)cc6Oc6cc(N(C)C)ccc65)cc4)cc3)ccc21. The third kappa shape index (κ3) is 10.3. The first kappa shape index (κ1) is 56.3. The molecule has 16 nitrogen and oxygen atoms in total. The van der Waals surface area contributed by atoms with Crippen LogP contribution in [0.5, 0.6) is 34.5 Å². The van der Waals surface area contributed by atoms with Crippen molar-refractivity contribution in [1.29, 1.82) is 0 Å². The number of fused-ring (bicyclic) bond motifs is 12. The Balaban J connectivity index is 0.590. The van der Waals surface area contributed by atoms with Crippen molar-refractivity contribution < 1.29 is 47.6 Å². The number of nitrogens with zero attached hydrogens (tertiary/aromatic N) is 4. The van der Waals surface area contributed by atoms with Crippen LogP contribution in [0.15, 0.2) is 170 Å². The molecule has 0 aliphatic carbocycles. The second kappa shape index (κ2) is 22.7. The van der Waals surface area contributed by atoms with E-state index in [1.807, 2.05) is 222 Å². The van der Waals surface area contributed by atoms with Crippen LogP contribution in [0.3, 0.4) is 0 Å². The summed E-state index contributed by atoms with van der Waals surface area (Å²) in [6, 6.07) is 49.4. The highest BCUT2D eigenvalue weighted by atomic mass is 16.6. The summed E-state index contributed by atoms with van der Waals surface area (Å²) in [5.74, 6) is 2.18. The lowest BCUT2D eigenvalue weighted by atomic mass is 9.77. The highest BCUT2D eigenvalue weighted by molar-refractivity contribution is 6.03. The third-order valence-corrected chi connectivity index (χ3v) is 16.2. The Kier molecular flexibility index (Phi) is 14.9. The number of rotatable bonds is 18. The fraction of sp³-hybridized carbons (Fsp3) is 0.229. The fourth-order valence-corrected chi connectivity index (χ4v) is 11.6. The zero-order valence-electron chi connectivity index (χ0n) is 49.3. The molecule has 0 aromatic heterocycles. The van der Waals surface area contributed by atoms with Crippen molar-refractivity contribution in [3.63, 3.8) is 0 Å². The van der Waals surface area contributed by atoms with Crippen LogP contribution in [0.4, 0.5) is 22.7 Å². The Bertz CT molecular complexity index is 3650. The molecule has 0 atom stereocenters. The van der Waals surface area contributed by atoms with E-state index in [2.05, 4.69) is 10.6 Å². The largest absolute Gasteiger partial charge is 0.490 e. The number of nitrogens with one attached hydrogen (secondary N) is 2. The molecule has 12 rings (SSSR count). The number of carbonyl (C=O) groups is 4. The number of hydrogen-bond donors (Lipinski definition) is 2. The Hall–Kier alpha value is -10.2. The number of esters is 2. The van der Waals surface area contributed by atoms with Gasteiger partial charge in [0.05, 0.1) is 11.1 Å². The summed E-state index contributed by atoms with van der Waals surface area (Å²) in [6.07, 6.45) is 4.98. The molecule has 0 fully saturated rings. The topological polar surface area (TPSA) is 161 Å². The number of carbonyl (C=O) groups excluding carboxylic acids is 4. The molecule has 0 saturated carbocycles. The van der Waals surface area contributed by atoms with Crippen LogP contribution >= 0.6 is 0 Å². The number of ether oxygens (including phenoxy) is 6. The fourth-order valence-electron chi connectivity index (χ4n) is 11.6. The van der Waals surface area contributed by atoms with Crippen LogP contribution in [0.2, 0.25) is 0 Å². The normalized spacial score (nSPS) is 14.0. The Labute approximate surface area is 500 Å². The predicted molar refractivity (Wildman–Crippen MR) is 332 cm³/mol. The minimum atomic E-state index is -1.25. The van der Waals surface area contributed by atoms with Gasteiger partial charge in [-0.05, 0) is 133 Å². The van der Waals surface area contributed by atoms with E-state index in [0.29, 0.717) is 129 Å². The van der Waals surface area contributed by atoms with Gasteiger partial charge in [-0.3, -0.25) is 9.59 Å². The van der Waals surface area contributed by atoms with Gasteiger partial charge in [-0.1, -0.05) is 36.4 Å². The van der Waals surface area contributed by atoms with Gasteiger partial charge in [0.1, 0.15) is 47.7 Å². The van der Waals surface area contributed by atoms with Crippen LogP contribution in [0.25, 0.3) is 0 Å². The standard InChI is InChI=1S/C70H66N6O10/c1-73(2)47-17-27-57-61(39-47)83-62-40-48(74(3)4)18-28-58(62)69(57)55-25-15-45(37-53(55)67(79)85-69)65(77)71-33-31-43-11-21-51(22-12-43)81-35-9-10-36-82-52-23-13-44(14-24-52)32-34-72-66(78)46-16-26-56-54(38-46)68(80)86-70(56)59-29-19-49(75(5)6)41-63(59)84-64-42-50(76(7)8)20-30-60(64)70/h9-30,37-42H,31-36H2,1-8H3,(H,71,77)(H,72,78)/b10-9-. The molecule has 16 heteroatoms. The lowest BCUT2D eigenvalue weighted by Crippen LogP contribution is -2.33. The summed E-state index contributed by atoms with van der Waals surface area (Å²) in [5.41, 5.74) is 8.85. The number of hydrogen-bond acceptors (Lipinski definition) is 14. The van der Waals surface area contributed by atoms with Gasteiger partial charge < -0.3 is 58.7 Å². The van der Waals surface area contributed by atoms with Crippen molar-refractivity contribution in [3.8, 4) is 34.5 Å². The van der Waals surface area contributed by atoms with E-state index >= 15 is 0 Å². The molecule has 4 aliphatic heterocycles. The van der Waals surface area contributed by atoms with Gasteiger partial charge in [0.15, 0.2) is 11.2 Å². The van der Waals surface area contributed by atoms with Crippen molar-refractivity contribution in [2.75, 3.05) is 102 Å². The number of amides is 2. The van der Waals surface area contributed by atoms with E-state index < -0.39 is 23.1 Å². The summed E-state index contributed by atoms with van der Waals surface area (Å²) in [5, 5.41) is 6.02. The smallest absolute Gasteiger partial charge is 0.340 e. The second-order valence-electron chi connectivity index (χ2n) is 22.6. The third-order valence-electron chi connectivity index (χ3n) is 16.2. The zero-order chi connectivity index (χ0) is 60.0. The molecule has 8 aromatic carbocycles. The first-order valence-corrected chi connectivity index (χ1v) is 28.5. The van der Waals surface area contributed by atoms with Crippen molar-refractivity contribution in [3.05, 3.63) is 237 Å². The molecule has 4 aliphatic rings. The quantitative estimate of drug-likeness (QED) is 0.0617. The van der Waals surface area contributed by atoms with Gasteiger partial charge in [0.2, 0.25) is 0 Å². The molecular formula is C70H66N6O10. The molecule has 2 N–H and O–H groups in total. The zero-order valence-corrected chi connectivity index (χ0v) is 49.3. The minimum absolute atomic E-state index is 0.292. The van der Waals surface area contributed by atoms with Gasteiger partial charge in [0.25, 0.3) is 11.8 Å². The summed E-state index contributed by atoms with van der Waals surface area (Å²) in [4.78, 5) is 62.6. The molecule has 0 unspecified atom stereocenters. The lowest BCUT2D eigenvalue weighted by Gasteiger charge is -2.37. The average Bonchev–Trinajstić information content (AvgIpc) is 1.45. The predicted octanol–water partition coefficient (Wildman–Crippen LogP) is 11.0. The molecule has 4 heterocycles. The van der Waals surface area contributed by atoms with Crippen LogP contribution in [-0.4, -0.2) is 106 Å². The maximum atomic E-state index is 13.8. The molecular weight excluding hydrogens is 1080 g/mol. The molecule has 2 spiro atoms. The summed E-state index contributed by atoms with van der Waals surface area (Å²) >= 11 is 0. The lowest BCUT2D eigenvalue weighted by molar-refractivity contribution is 0.0214. The van der Waals surface area contributed by atoms with E-state index in [0.717, 1.165) is 33.9 Å². The first-order chi connectivity index (χ1) is 41.5. The van der Waals surface area contributed by atoms with Gasteiger partial charge in [-0.25, -0.2) is 9.59 Å². The molecule has 0 bridgehead atoms. The molecule has 2 amide bonds. The second-order valence-corrected chi connectivity index (χ2v) is 22.6. The van der Waals surface area contributed by atoms with Crippen molar-refractivity contribution in [1.82, 2.24) is 10.6 Å². The molecule has 0 saturated heterocycles. The Morgan fingerprint density at radius 3 is 1.05 bits per heavy atom. The maximum Gasteiger partial charge on any atom is 0.340 e. The first-order valence-electron chi connectivity index (χ1n) is 28.5. The van der Waals surface area contributed by atoms with Crippen LogP contribution in [0, 0.1) is 0 Å². The number of anilines is 4. The summed E-state index contributed by atoms with van der Waals surface area (Å²) in [7, 11) is 15.7. The Morgan fingerprint density at radius 1 is 0.419 bits per heavy atom. The van der Waals surface area contributed by atoms with Crippen molar-refractivity contribution in [2.24, 2.45) is 0 Å².